The maximum atomic E-state index is 5.91. The van der Waals surface area contributed by atoms with Crippen molar-refractivity contribution in [2.24, 2.45) is 5.73 Å². The van der Waals surface area contributed by atoms with Gasteiger partial charge < -0.3 is 10.2 Å². The van der Waals surface area contributed by atoms with Crippen molar-refractivity contribution >= 4 is 11.0 Å². The monoisotopic (exact) mass is 267 g/mol. The zero-order valence-corrected chi connectivity index (χ0v) is 11.3. The molecule has 0 saturated heterocycles. The van der Waals surface area contributed by atoms with Crippen LogP contribution in [0.25, 0.3) is 22.1 Å². The highest BCUT2D eigenvalue weighted by Gasteiger charge is 2.23. The van der Waals surface area contributed by atoms with Crippen LogP contribution >= 0.6 is 0 Å². The van der Waals surface area contributed by atoms with Crippen LogP contribution in [0, 0.1) is 0 Å². The van der Waals surface area contributed by atoms with Crippen LogP contribution in [0.5, 0.6) is 0 Å². The van der Waals surface area contributed by atoms with Crippen molar-refractivity contribution in [2.75, 3.05) is 0 Å². The predicted molar refractivity (Wildman–Crippen MR) is 78.3 cm³/mol. The van der Waals surface area contributed by atoms with Gasteiger partial charge in [-0.05, 0) is 25.3 Å². The number of para-hydroxylation sites is 1. The van der Waals surface area contributed by atoms with E-state index < -0.39 is 0 Å². The van der Waals surface area contributed by atoms with E-state index in [0.717, 1.165) is 35.2 Å². The third-order valence-electron chi connectivity index (χ3n) is 4.11. The number of furan rings is 1. The Balaban J connectivity index is 1.99. The lowest BCUT2D eigenvalue weighted by atomic mass is 9.98. The van der Waals surface area contributed by atoms with Crippen molar-refractivity contribution in [3.63, 3.8) is 0 Å². The van der Waals surface area contributed by atoms with Crippen LogP contribution in [0.1, 0.15) is 24.2 Å². The summed E-state index contributed by atoms with van der Waals surface area (Å²) < 4.78 is 7.81. The zero-order valence-electron chi connectivity index (χ0n) is 11.3. The Morgan fingerprint density at radius 1 is 1.25 bits per heavy atom. The number of rotatable bonds is 2. The van der Waals surface area contributed by atoms with Gasteiger partial charge in [-0.15, -0.1) is 0 Å². The van der Waals surface area contributed by atoms with Gasteiger partial charge in [0.15, 0.2) is 0 Å². The first-order valence-electron chi connectivity index (χ1n) is 7.13. The van der Waals surface area contributed by atoms with Gasteiger partial charge in [0.1, 0.15) is 5.58 Å². The maximum Gasteiger partial charge on any atom is 0.134 e. The Morgan fingerprint density at radius 2 is 2.15 bits per heavy atom. The van der Waals surface area contributed by atoms with Crippen molar-refractivity contribution < 1.29 is 4.42 Å². The Bertz CT molecular complexity index is 769. The number of benzene rings is 1. The van der Waals surface area contributed by atoms with Crippen LogP contribution in [0.2, 0.25) is 0 Å². The Morgan fingerprint density at radius 3 is 3.05 bits per heavy atom. The molecule has 4 rings (SSSR count). The molecule has 0 atom stereocenters. The fourth-order valence-corrected chi connectivity index (χ4v) is 3.17. The lowest BCUT2D eigenvalue weighted by Crippen LogP contribution is -2.11. The van der Waals surface area contributed by atoms with Crippen molar-refractivity contribution in [1.29, 1.82) is 0 Å². The van der Waals surface area contributed by atoms with E-state index in [9.17, 15) is 0 Å². The second-order valence-electron chi connectivity index (χ2n) is 5.30. The average Bonchev–Trinajstić information content (AvgIpc) is 3.07. The molecule has 0 saturated carbocycles. The molecule has 0 aliphatic carbocycles. The first-order chi connectivity index (χ1) is 9.88. The van der Waals surface area contributed by atoms with E-state index >= 15 is 0 Å². The number of aryl methyl sites for hydroxylation is 1. The number of fused-ring (bicyclic) bond motifs is 2. The van der Waals surface area contributed by atoms with E-state index in [0.29, 0.717) is 6.54 Å². The van der Waals surface area contributed by atoms with Gasteiger partial charge in [-0.25, -0.2) is 0 Å². The van der Waals surface area contributed by atoms with Crippen LogP contribution < -0.4 is 5.73 Å². The zero-order chi connectivity index (χ0) is 13.5. The maximum absolute atomic E-state index is 5.91. The number of nitrogens with zero attached hydrogens (tertiary/aromatic N) is 2. The van der Waals surface area contributed by atoms with E-state index in [2.05, 4.69) is 15.8 Å². The third-order valence-corrected chi connectivity index (χ3v) is 4.11. The van der Waals surface area contributed by atoms with E-state index in [4.69, 9.17) is 10.2 Å². The molecule has 0 fully saturated rings. The third kappa shape index (κ3) is 1.61. The highest BCUT2D eigenvalue weighted by molar-refractivity contribution is 5.95. The minimum atomic E-state index is 0.467. The number of hydrogen-bond donors (Lipinski definition) is 1. The molecule has 4 heteroatoms. The minimum absolute atomic E-state index is 0.467. The summed E-state index contributed by atoms with van der Waals surface area (Å²) in [6.45, 7) is 1.47. The van der Waals surface area contributed by atoms with Gasteiger partial charge in [0, 0.05) is 35.3 Å². The SMILES string of the molecule is NCc1nn2c(c1-c1coc3ccccc13)CCCC2. The molecule has 2 N–H and O–H groups in total. The van der Waals surface area contributed by atoms with Gasteiger partial charge in [-0.1, -0.05) is 18.2 Å². The summed E-state index contributed by atoms with van der Waals surface area (Å²) in [4.78, 5) is 0. The number of hydrogen-bond acceptors (Lipinski definition) is 3. The van der Waals surface area contributed by atoms with Gasteiger partial charge >= 0.3 is 0 Å². The highest BCUT2D eigenvalue weighted by Crippen LogP contribution is 2.36. The molecule has 0 unspecified atom stereocenters. The fourth-order valence-electron chi connectivity index (χ4n) is 3.17. The largest absolute Gasteiger partial charge is 0.464 e. The molecule has 1 aliphatic heterocycles. The van der Waals surface area contributed by atoms with Crippen molar-refractivity contribution in [3.8, 4) is 11.1 Å². The summed E-state index contributed by atoms with van der Waals surface area (Å²) in [5.74, 6) is 0. The van der Waals surface area contributed by atoms with Crippen molar-refractivity contribution in [2.45, 2.75) is 32.4 Å². The molecular weight excluding hydrogens is 250 g/mol. The summed E-state index contributed by atoms with van der Waals surface area (Å²) >= 11 is 0. The Hall–Kier alpha value is -2.07. The van der Waals surface area contributed by atoms with Gasteiger partial charge in [-0.2, -0.15) is 5.10 Å². The van der Waals surface area contributed by atoms with Crippen LogP contribution in [0.15, 0.2) is 34.9 Å². The average molecular weight is 267 g/mol. The molecule has 4 nitrogen and oxygen atoms in total. The molecule has 0 radical (unpaired) electrons. The van der Waals surface area contributed by atoms with Crippen LogP contribution in [0.4, 0.5) is 0 Å². The normalized spacial score (nSPS) is 14.7. The molecule has 102 valence electrons. The standard InChI is InChI=1S/C16H17N3O/c17-9-13-16(14-6-3-4-8-19(14)18-13)12-10-20-15-7-2-1-5-11(12)15/h1-2,5,7,10H,3-4,6,8-9,17H2. The van der Waals surface area contributed by atoms with Crippen LogP contribution in [0.3, 0.4) is 0 Å². The molecular formula is C16H17N3O. The quantitative estimate of drug-likeness (QED) is 0.776. The van der Waals surface area contributed by atoms with Crippen molar-refractivity contribution in [3.05, 3.63) is 41.9 Å². The molecule has 1 aromatic carbocycles. The summed E-state index contributed by atoms with van der Waals surface area (Å²) in [7, 11) is 0. The molecule has 3 aromatic rings. The first kappa shape index (κ1) is 11.7. The molecule has 2 aromatic heterocycles. The fraction of sp³-hybridized carbons (Fsp3) is 0.312. The number of aromatic nitrogens is 2. The van der Waals surface area contributed by atoms with E-state index in [1.807, 2.05) is 24.5 Å². The minimum Gasteiger partial charge on any atom is -0.464 e. The Labute approximate surface area is 117 Å². The van der Waals surface area contributed by atoms with Gasteiger partial charge in [0.25, 0.3) is 0 Å². The predicted octanol–water partition coefficient (Wildman–Crippen LogP) is 3.09. The summed E-state index contributed by atoms with van der Waals surface area (Å²) in [6.07, 6.45) is 5.33. The number of nitrogens with two attached hydrogens (primary N) is 1. The second-order valence-corrected chi connectivity index (χ2v) is 5.30. The summed E-state index contributed by atoms with van der Waals surface area (Å²) in [5, 5.41) is 5.82. The van der Waals surface area contributed by atoms with E-state index in [1.54, 1.807) is 0 Å². The molecule has 20 heavy (non-hydrogen) atoms. The lowest BCUT2D eigenvalue weighted by Gasteiger charge is -2.14. The summed E-state index contributed by atoms with van der Waals surface area (Å²) in [6, 6.07) is 8.13. The second kappa shape index (κ2) is 4.49. The molecule has 3 heterocycles. The molecule has 0 spiro atoms. The topological polar surface area (TPSA) is 57.0 Å². The lowest BCUT2D eigenvalue weighted by molar-refractivity contribution is 0.484. The summed E-state index contributed by atoms with van der Waals surface area (Å²) in [5.41, 5.74) is 11.4. The molecule has 0 bridgehead atoms. The smallest absolute Gasteiger partial charge is 0.134 e. The van der Waals surface area contributed by atoms with Gasteiger partial charge in [0.05, 0.1) is 12.0 Å². The van der Waals surface area contributed by atoms with Crippen LogP contribution in [-0.2, 0) is 19.5 Å². The van der Waals surface area contributed by atoms with Gasteiger partial charge in [-0.3, -0.25) is 4.68 Å². The molecule has 0 amide bonds. The first-order valence-corrected chi connectivity index (χ1v) is 7.13. The van der Waals surface area contributed by atoms with Crippen LogP contribution in [-0.4, -0.2) is 9.78 Å². The Kier molecular flexibility index (Phi) is 2.63. The van der Waals surface area contributed by atoms with Crippen molar-refractivity contribution in [1.82, 2.24) is 9.78 Å². The molecule has 1 aliphatic rings. The van der Waals surface area contributed by atoms with Gasteiger partial charge in [0.2, 0.25) is 0 Å². The van der Waals surface area contributed by atoms with E-state index in [1.165, 1.54) is 24.1 Å². The van der Waals surface area contributed by atoms with E-state index in [-0.39, 0.29) is 0 Å². The highest BCUT2D eigenvalue weighted by atomic mass is 16.3.